The molecule has 0 aliphatic heterocycles. The average molecular weight is 430 g/mol. The maximum absolute atomic E-state index is 12.9. The number of nitrogens with one attached hydrogen (secondary N) is 2. The number of hydrazone groups is 1. The molecule has 0 spiro atoms. The van der Waals surface area contributed by atoms with Gasteiger partial charge >= 0.3 is 0 Å². The van der Waals surface area contributed by atoms with E-state index in [2.05, 4.69) is 15.8 Å². The minimum Gasteiger partial charge on any atom is -0.493 e. The molecule has 1 heterocycles. The quantitative estimate of drug-likeness (QED) is 0.404. The van der Waals surface area contributed by atoms with Crippen LogP contribution in [0.2, 0.25) is 0 Å². The van der Waals surface area contributed by atoms with Gasteiger partial charge in [0.25, 0.3) is 11.8 Å². The third-order valence-electron chi connectivity index (χ3n) is 4.90. The molecule has 1 aliphatic carbocycles. The molecule has 0 radical (unpaired) electrons. The fourth-order valence-corrected chi connectivity index (χ4v) is 4.72. The van der Waals surface area contributed by atoms with E-state index in [1.807, 2.05) is 13.8 Å². The second-order valence-corrected chi connectivity index (χ2v) is 8.40. The van der Waals surface area contributed by atoms with Crippen LogP contribution < -0.4 is 20.2 Å². The number of carbonyl (C=O) groups is 2. The van der Waals surface area contributed by atoms with E-state index >= 15 is 0 Å². The van der Waals surface area contributed by atoms with Crippen molar-refractivity contribution in [3.8, 4) is 11.5 Å². The van der Waals surface area contributed by atoms with E-state index in [1.54, 1.807) is 25.3 Å². The molecule has 7 nitrogen and oxygen atoms in total. The molecule has 30 heavy (non-hydrogen) atoms. The first-order chi connectivity index (χ1) is 14.4. The SMILES string of the molecule is COc1ccc(C(=O)Nc2sc3c(c2C(=O)NN=C(C)C)CCCCC3)cc1OC. The van der Waals surface area contributed by atoms with E-state index in [9.17, 15) is 9.59 Å². The van der Waals surface area contributed by atoms with Crippen molar-refractivity contribution in [3.63, 3.8) is 0 Å². The number of hydrogen-bond donors (Lipinski definition) is 2. The molecule has 8 heteroatoms. The standard InChI is InChI=1S/C22H27N3O4S/c1-13(2)24-25-21(27)19-15-8-6-5-7-9-18(15)30-22(19)23-20(26)14-10-11-16(28-3)17(12-14)29-4/h10-12H,5-9H2,1-4H3,(H,23,26)(H,25,27). The molecule has 0 atom stereocenters. The maximum atomic E-state index is 12.9. The van der Waals surface area contributed by atoms with Gasteiger partial charge in [0.1, 0.15) is 5.00 Å². The third-order valence-corrected chi connectivity index (χ3v) is 6.11. The zero-order chi connectivity index (χ0) is 21.7. The number of ether oxygens (including phenoxy) is 2. The van der Waals surface area contributed by atoms with Gasteiger partial charge in [-0.25, -0.2) is 5.43 Å². The van der Waals surface area contributed by atoms with Crippen LogP contribution in [0.3, 0.4) is 0 Å². The Balaban J connectivity index is 1.94. The molecule has 2 amide bonds. The van der Waals surface area contributed by atoms with E-state index < -0.39 is 0 Å². The molecule has 1 aromatic carbocycles. The van der Waals surface area contributed by atoms with Crippen molar-refractivity contribution in [1.82, 2.24) is 5.43 Å². The van der Waals surface area contributed by atoms with Crippen molar-refractivity contribution >= 4 is 33.9 Å². The topological polar surface area (TPSA) is 89.0 Å². The normalized spacial score (nSPS) is 12.9. The Kier molecular flexibility index (Phi) is 7.10. The van der Waals surface area contributed by atoms with Crippen molar-refractivity contribution < 1.29 is 19.1 Å². The second kappa shape index (κ2) is 9.75. The molecular formula is C22H27N3O4S. The third kappa shape index (κ3) is 4.81. The zero-order valence-electron chi connectivity index (χ0n) is 17.8. The van der Waals surface area contributed by atoms with Crippen LogP contribution >= 0.6 is 11.3 Å². The molecule has 3 rings (SSSR count). The molecule has 0 saturated heterocycles. The first-order valence-electron chi connectivity index (χ1n) is 9.93. The van der Waals surface area contributed by atoms with Gasteiger partial charge < -0.3 is 14.8 Å². The molecular weight excluding hydrogens is 402 g/mol. The number of anilines is 1. The Bertz CT molecular complexity index is 977. The number of methoxy groups -OCH3 is 2. The van der Waals surface area contributed by atoms with E-state index in [0.717, 1.165) is 48.3 Å². The number of nitrogens with zero attached hydrogens (tertiary/aromatic N) is 1. The van der Waals surface area contributed by atoms with Crippen molar-refractivity contribution in [3.05, 3.63) is 39.8 Å². The lowest BCUT2D eigenvalue weighted by Crippen LogP contribution is -2.22. The fraction of sp³-hybridized carbons (Fsp3) is 0.409. The summed E-state index contributed by atoms with van der Waals surface area (Å²) in [5, 5.41) is 7.55. The summed E-state index contributed by atoms with van der Waals surface area (Å²) in [6.07, 6.45) is 5.01. The van der Waals surface area contributed by atoms with Crippen molar-refractivity contribution in [2.75, 3.05) is 19.5 Å². The minimum atomic E-state index is -0.309. The van der Waals surface area contributed by atoms with Gasteiger partial charge in [0.15, 0.2) is 11.5 Å². The van der Waals surface area contributed by atoms with Crippen LogP contribution in [-0.2, 0) is 12.8 Å². The average Bonchev–Trinajstić information content (AvgIpc) is 2.91. The van der Waals surface area contributed by atoms with E-state index in [-0.39, 0.29) is 11.8 Å². The summed E-state index contributed by atoms with van der Waals surface area (Å²) in [6, 6.07) is 4.97. The van der Waals surface area contributed by atoms with Crippen molar-refractivity contribution in [2.24, 2.45) is 5.10 Å². The van der Waals surface area contributed by atoms with Crippen molar-refractivity contribution in [2.45, 2.75) is 46.0 Å². The molecule has 160 valence electrons. The van der Waals surface area contributed by atoms with Crippen LogP contribution in [0.4, 0.5) is 5.00 Å². The number of aryl methyl sites for hydroxylation is 1. The predicted molar refractivity (Wildman–Crippen MR) is 119 cm³/mol. The molecule has 2 N–H and O–H groups in total. The number of carbonyl (C=O) groups excluding carboxylic acids is 2. The Morgan fingerprint density at radius 2 is 1.73 bits per heavy atom. The van der Waals surface area contributed by atoms with E-state index in [4.69, 9.17) is 9.47 Å². The molecule has 2 aromatic rings. The smallest absolute Gasteiger partial charge is 0.274 e. The summed E-state index contributed by atoms with van der Waals surface area (Å²) in [4.78, 5) is 27.0. The Morgan fingerprint density at radius 1 is 1.00 bits per heavy atom. The second-order valence-electron chi connectivity index (χ2n) is 7.29. The minimum absolute atomic E-state index is 0.293. The number of thiophene rings is 1. The molecule has 0 bridgehead atoms. The van der Waals surface area contributed by atoms with Crippen LogP contribution in [0.1, 0.15) is 64.3 Å². The van der Waals surface area contributed by atoms with Crippen LogP contribution in [0.5, 0.6) is 11.5 Å². The van der Waals surface area contributed by atoms with Crippen LogP contribution in [-0.4, -0.2) is 31.7 Å². The van der Waals surface area contributed by atoms with Gasteiger partial charge in [0.05, 0.1) is 19.8 Å². The van der Waals surface area contributed by atoms with Gasteiger partial charge in [0.2, 0.25) is 0 Å². The summed E-state index contributed by atoms with van der Waals surface area (Å²) >= 11 is 1.48. The van der Waals surface area contributed by atoms with Crippen LogP contribution in [0.15, 0.2) is 23.3 Å². The fourth-order valence-electron chi connectivity index (χ4n) is 3.44. The number of hydrogen-bond acceptors (Lipinski definition) is 6. The zero-order valence-corrected chi connectivity index (χ0v) is 18.6. The number of rotatable bonds is 6. The van der Waals surface area contributed by atoms with Crippen LogP contribution in [0.25, 0.3) is 0 Å². The van der Waals surface area contributed by atoms with E-state index in [0.29, 0.717) is 27.6 Å². The predicted octanol–water partition coefficient (Wildman–Crippen LogP) is 4.41. The lowest BCUT2D eigenvalue weighted by molar-refractivity contribution is 0.0955. The Hall–Kier alpha value is -2.87. The summed E-state index contributed by atoms with van der Waals surface area (Å²) < 4.78 is 10.5. The molecule has 1 aromatic heterocycles. The highest BCUT2D eigenvalue weighted by atomic mass is 32.1. The summed E-state index contributed by atoms with van der Waals surface area (Å²) in [6.45, 7) is 3.63. The highest BCUT2D eigenvalue weighted by molar-refractivity contribution is 7.17. The Labute approximate surface area is 180 Å². The first kappa shape index (κ1) is 21.8. The first-order valence-corrected chi connectivity index (χ1v) is 10.8. The van der Waals surface area contributed by atoms with Gasteiger partial charge in [-0.3, -0.25) is 9.59 Å². The highest BCUT2D eigenvalue weighted by Gasteiger charge is 2.26. The van der Waals surface area contributed by atoms with Gasteiger partial charge in [0, 0.05) is 16.2 Å². The monoisotopic (exact) mass is 429 g/mol. The van der Waals surface area contributed by atoms with Gasteiger partial charge in [-0.1, -0.05) is 6.42 Å². The van der Waals surface area contributed by atoms with Crippen molar-refractivity contribution in [1.29, 1.82) is 0 Å². The number of fused-ring (bicyclic) bond motifs is 1. The summed E-state index contributed by atoms with van der Waals surface area (Å²) in [5.74, 6) is 0.414. The number of amides is 2. The lowest BCUT2D eigenvalue weighted by Gasteiger charge is -2.11. The molecule has 0 unspecified atom stereocenters. The van der Waals surface area contributed by atoms with Gasteiger partial charge in [-0.05, 0) is 63.3 Å². The number of benzene rings is 1. The van der Waals surface area contributed by atoms with E-state index in [1.165, 1.54) is 18.4 Å². The van der Waals surface area contributed by atoms with Gasteiger partial charge in [-0.2, -0.15) is 5.10 Å². The summed E-state index contributed by atoms with van der Waals surface area (Å²) in [7, 11) is 3.07. The molecule has 0 saturated carbocycles. The highest BCUT2D eigenvalue weighted by Crippen LogP contribution is 2.38. The molecule has 0 fully saturated rings. The lowest BCUT2D eigenvalue weighted by atomic mass is 10.0. The maximum Gasteiger partial charge on any atom is 0.274 e. The molecule has 1 aliphatic rings. The summed E-state index contributed by atoms with van der Waals surface area (Å²) in [5.41, 5.74) is 5.33. The van der Waals surface area contributed by atoms with Gasteiger partial charge in [-0.15, -0.1) is 11.3 Å². The van der Waals surface area contributed by atoms with Crippen LogP contribution in [0, 0.1) is 0 Å². The largest absolute Gasteiger partial charge is 0.493 e. The Morgan fingerprint density at radius 3 is 2.43 bits per heavy atom.